The molecule has 0 spiro atoms. The van der Waals surface area contributed by atoms with Gasteiger partial charge in [-0.25, -0.2) is 9.37 Å². The molecule has 4 nitrogen and oxygen atoms in total. The third kappa shape index (κ3) is 2.99. The number of azo groups is 1. The number of aromatic nitrogens is 2. The number of pyridine rings is 1. The van der Waals surface area contributed by atoms with Gasteiger partial charge in [0.1, 0.15) is 17.0 Å². The van der Waals surface area contributed by atoms with Gasteiger partial charge in [0.05, 0.1) is 0 Å². The molecule has 128 valence electrons. The van der Waals surface area contributed by atoms with Crippen molar-refractivity contribution in [3.05, 3.63) is 83.8 Å². The maximum absolute atomic E-state index is 13.9. The van der Waals surface area contributed by atoms with Crippen LogP contribution < -0.4 is 0 Å². The predicted molar refractivity (Wildman–Crippen MR) is 101 cm³/mol. The fraction of sp³-hybridized carbons (Fsp3) is 0.0952. The Morgan fingerprint density at radius 3 is 2.35 bits per heavy atom. The molecule has 4 rings (SSSR count). The van der Waals surface area contributed by atoms with Crippen LogP contribution in [-0.4, -0.2) is 9.38 Å². The average Bonchev–Trinajstić information content (AvgIpc) is 2.99. The summed E-state index contributed by atoms with van der Waals surface area (Å²) in [5.41, 5.74) is 4.88. The Bertz CT molecular complexity index is 1110. The van der Waals surface area contributed by atoms with Crippen molar-refractivity contribution in [2.75, 3.05) is 0 Å². The number of benzene rings is 2. The topological polar surface area (TPSA) is 42.0 Å². The average molecular weight is 344 g/mol. The molecule has 0 atom stereocenters. The summed E-state index contributed by atoms with van der Waals surface area (Å²) < 4.78 is 15.8. The van der Waals surface area contributed by atoms with E-state index in [1.807, 2.05) is 60.8 Å². The largest absolute Gasteiger partial charge is 0.282 e. The van der Waals surface area contributed by atoms with Crippen LogP contribution in [0.3, 0.4) is 0 Å². The van der Waals surface area contributed by atoms with E-state index in [0.29, 0.717) is 5.82 Å². The molecule has 0 N–H and O–H groups in total. The van der Waals surface area contributed by atoms with Gasteiger partial charge in [0.2, 0.25) is 0 Å². The molecule has 0 bridgehead atoms. The van der Waals surface area contributed by atoms with Crippen molar-refractivity contribution in [2.45, 2.75) is 13.8 Å². The second kappa shape index (κ2) is 6.52. The Hall–Kier alpha value is -3.34. The molecule has 2 heterocycles. The summed E-state index contributed by atoms with van der Waals surface area (Å²) in [5, 5.41) is 8.47. The SMILES string of the molecule is Cc1ccc(-c2nc3ccc(C)cn3c2N=Nc2ccccc2F)cc1. The van der Waals surface area contributed by atoms with Gasteiger partial charge in [-0.2, -0.15) is 0 Å². The summed E-state index contributed by atoms with van der Waals surface area (Å²) in [6.45, 7) is 4.04. The number of rotatable bonds is 3. The Morgan fingerprint density at radius 1 is 0.846 bits per heavy atom. The molecule has 0 saturated heterocycles. The molecule has 0 saturated carbocycles. The van der Waals surface area contributed by atoms with Gasteiger partial charge in [-0.05, 0) is 37.6 Å². The lowest BCUT2D eigenvalue weighted by atomic mass is 10.1. The van der Waals surface area contributed by atoms with Gasteiger partial charge in [-0.15, -0.1) is 10.2 Å². The highest BCUT2D eigenvalue weighted by molar-refractivity contribution is 5.74. The molecule has 0 fully saturated rings. The summed E-state index contributed by atoms with van der Waals surface area (Å²) in [6.07, 6.45) is 1.95. The highest BCUT2D eigenvalue weighted by Crippen LogP contribution is 2.33. The Kier molecular flexibility index (Phi) is 4.05. The third-order valence-electron chi connectivity index (χ3n) is 4.17. The molecule has 0 amide bonds. The van der Waals surface area contributed by atoms with E-state index in [9.17, 15) is 4.39 Å². The smallest absolute Gasteiger partial charge is 0.187 e. The lowest BCUT2D eigenvalue weighted by Crippen LogP contribution is -1.85. The van der Waals surface area contributed by atoms with Crippen LogP contribution in [0.4, 0.5) is 15.9 Å². The molecule has 2 aromatic heterocycles. The molecular formula is C21H17FN4. The molecule has 4 aromatic rings. The van der Waals surface area contributed by atoms with Crippen LogP contribution in [0, 0.1) is 19.7 Å². The lowest BCUT2D eigenvalue weighted by molar-refractivity contribution is 0.628. The van der Waals surface area contributed by atoms with E-state index in [-0.39, 0.29) is 5.69 Å². The van der Waals surface area contributed by atoms with Crippen LogP contribution in [0.2, 0.25) is 0 Å². The zero-order valence-corrected chi connectivity index (χ0v) is 14.5. The van der Waals surface area contributed by atoms with E-state index in [1.54, 1.807) is 18.2 Å². The molecule has 0 aliphatic rings. The number of nitrogens with zero attached hydrogens (tertiary/aromatic N) is 4. The number of halogens is 1. The molecule has 0 aliphatic carbocycles. The van der Waals surface area contributed by atoms with Crippen molar-refractivity contribution in [1.29, 1.82) is 0 Å². The highest BCUT2D eigenvalue weighted by atomic mass is 19.1. The van der Waals surface area contributed by atoms with Crippen LogP contribution in [0.5, 0.6) is 0 Å². The van der Waals surface area contributed by atoms with Crippen molar-refractivity contribution >= 4 is 17.2 Å². The van der Waals surface area contributed by atoms with Crippen LogP contribution in [-0.2, 0) is 0 Å². The summed E-state index contributed by atoms with van der Waals surface area (Å²) in [4.78, 5) is 4.70. The van der Waals surface area contributed by atoms with Gasteiger partial charge in [-0.1, -0.05) is 48.0 Å². The second-order valence-electron chi connectivity index (χ2n) is 6.24. The van der Waals surface area contributed by atoms with Crippen molar-refractivity contribution in [3.8, 4) is 11.3 Å². The van der Waals surface area contributed by atoms with E-state index in [1.165, 1.54) is 11.6 Å². The van der Waals surface area contributed by atoms with Gasteiger partial charge >= 0.3 is 0 Å². The van der Waals surface area contributed by atoms with Crippen molar-refractivity contribution in [1.82, 2.24) is 9.38 Å². The summed E-state index contributed by atoms with van der Waals surface area (Å²) in [6, 6.07) is 18.3. The second-order valence-corrected chi connectivity index (χ2v) is 6.24. The molecule has 0 unspecified atom stereocenters. The number of imidazole rings is 1. The molecule has 0 radical (unpaired) electrons. The minimum Gasteiger partial charge on any atom is -0.282 e. The fourth-order valence-electron chi connectivity index (χ4n) is 2.77. The zero-order valence-electron chi connectivity index (χ0n) is 14.5. The Labute approximate surface area is 150 Å². The first-order valence-corrected chi connectivity index (χ1v) is 8.34. The van der Waals surface area contributed by atoms with E-state index in [4.69, 9.17) is 4.98 Å². The van der Waals surface area contributed by atoms with Crippen LogP contribution in [0.15, 0.2) is 77.1 Å². The standard InChI is InChI=1S/C21H17FN4/c1-14-7-10-16(11-8-14)20-21(25-24-18-6-4-3-5-17(18)22)26-13-15(2)9-12-19(26)23-20/h3-13H,1-2H3. The van der Waals surface area contributed by atoms with Gasteiger partial charge in [0, 0.05) is 11.8 Å². The predicted octanol–water partition coefficient (Wildman–Crippen LogP) is 6.17. The van der Waals surface area contributed by atoms with E-state index in [0.717, 1.165) is 22.5 Å². The molecule has 2 aromatic carbocycles. The fourth-order valence-corrected chi connectivity index (χ4v) is 2.77. The first kappa shape index (κ1) is 16.1. The van der Waals surface area contributed by atoms with Crippen LogP contribution in [0.1, 0.15) is 11.1 Å². The first-order chi connectivity index (χ1) is 12.6. The maximum Gasteiger partial charge on any atom is 0.187 e. The number of aryl methyl sites for hydroxylation is 2. The highest BCUT2D eigenvalue weighted by Gasteiger charge is 2.14. The number of hydrogen-bond acceptors (Lipinski definition) is 3. The summed E-state index contributed by atoms with van der Waals surface area (Å²) in [5.74, 6) is 0.175. The van der Waals surface area contributed by atoms with E-state index >= 15 is 0 Å². The molecular weight excluding hydrogens is 327 g/mol. The summed E-state index contributed by atoms with van der Waals surface area (Å²) in [7, 11) is 0. The minimum absolute atomic E-state index is 0.199. The van der Waals surface area contributed by atoms with Crippen molar-refractivity contribution in [3.63, 3.8) is 0 Å². The summed E-state index contributed by atoms with van der Waals surface area (Å²) >= 11 is 0. The first-order valence-electron chi connectivity index (χ1n) is 8.34. The van der Waals surface area contributed by atoms with Crippen LogP contribution >= 0.6 is 0 Å². The van der Waals surface area contributed by atoms with Crippen LogP contribution in [0.25, 0.3) is 16.9 Å². The van der Waals surface area contributed by atoms with Gasteiger partial charge in [-0.3, -0.25) is 4.40 Å². The van der Waals surface area contributed by atoms with Gasteiger partial charge in [0.25, 0.3) is 0 Å². The quantitative estimate of drug-likeness (QED) is 0.410. The van der Waals surface area contributed by atoms with Crippen molar-refractivity contribution < 1.29 is 4.39 Å². The van der Waals surface area contributed by atoms with E-state index < -0.39 is 5.82 Å². The lowest BCUT2D eigenvalue weighted by Gasteiger charge is -2.01. The Balaban J connectivity index is 1.90. The molecule has 26 heavy (non-hydrogen) atoms. The monoisotopic (exact) mass is 344 g/mol. The normalized spacial score (nSPS) is 11.5. The number of hydrogen-bond donors (Lipinski definition) is 0. The minimum atomic E-state index is -0.405. The van der Waals surface area contributed by atoms with E-state index in [2.05, 4.69) is 10.2 Å². The Morgan fingerprint density at radius 2 is 1.58 bits per heavy atom. The molecule has 5 heteroatoms. The van der Waals surface area contributed by atoms with Crippen molar-refractivity contribution in [2.24, 2.45) is 10.2 Å². The van der Waals surface area contributed by atoms with Gasteiger partial charge < -0.3 is 0 Å². The molecule has 0 aliphatic heterocycles. The maximum atomic E-state index is 13.9. The third-order valence-corrected chi connectivity index (χ3v) is 4.17. The number of fused-ring (bicyclic) bond motifs is 1. The van der Waals surface area contributed by atoms with Gasteiger partial charge in [0.15, 0.2) is 11.6 Å². The zero-order chi connectivity index (χ0) is 18.1.